The highest BCUT2D eigenvalue weighted by atomic mass is 19.3. The van der Waals surface area contributed by atoms with E-state index in [-0.39, 0.29) is 0 Å². The van der Waals surface area contributed by atoms with Crippen molar-refractivity contribution in [1.82, 2.24) is 4.90 Å². The van der Waals surface area contributed by atoms with Crippen molar-refractivity contribution < 1.29 is 30.7 Å². The highest BCUT2D eigenvalue weighted by Gasteiger charge is 2.47. The number of rotatable bonds is 4. The van der Waals surface area contributed by atoms with E-state index in [4.69, 9.17) is 0 Å². The zero-order valence-electron chi connectivity index (χ0n) is 5.45. The molecule has 0 amide bonds. The molecule has 0 saturated heterocycles. The molecule has 0 aromatic carbocycles. The van der Waals surface area contributed by atoms with Crippen molar-refractivity contribution in [2.45, 2.75) is 19.1 Å². The van der Waals surface area contributed by atoms with E-state index < -0.39 is 30.7 Å². The predicted octanol–water partition coefficient (Wildman–Crippen LogP) is 2.30. The molecule has 0 aliphatic rings. The average molecular weight is 199 g/mol. The Morgan fingerprint density at radius 2 is 1.33 bits per heavy atom. The summed E-state index contributed by atoms with van der Waals surface area (Å²) in [4.78, 5) is -1.80. The molecule has 0 aliphatic carbocycles. The third-order valence-electron chi connectivity index (χ3n) is 0.959. The molecule has 0 N–H and O–H groups in total. The maximum absolute atomic E-state index is 11.9. The van der Waals surface area contributed by atoms with Crippen LogP contribution < -0.4 is 0 Å². The average Bonchev–Trinajstić information content (AvgIpc) is 1.84. The second-order valence-corrected chi connectivity index (χ2v) is 1.76. The van der Waals surface area contributed by atoms with Crippen molar-refractivity contribution in [2.24, 2.45) is 0 Å². The Kier molecular flexibility index (Phi) is 3.75. The van der Waals surface area contributed by atoms with Crippen LogP contribution in [0.25, 0.3) is 0 Å². The largest absolute Gasteiger partial charge is 0.341 e. The number of alkyl halides is 7. The van der Waals surface area contributed by atoms with Gasteiger partial charge < -0.3 is 0 Å². The van der Waals surface area contributed by atoms with E-state index in [0.29, 0.717) is 0 Å². The van der Waals surface area contributed by atoms with E-state index in [1.165, 1.54) is 0 Å². The lowest BCUT2D eigenvalue weighted by Crippen LogP contribution is -2.49. The van der Waals surface area contributed by atoms with Crippen molar-refractivity contribution in [3.05, 3.63) is 0 Å². The van der Waals surface area contributed by atoms with Gasteiger partial charge in [-0.15, -0.1) is 4.90 Å². The lowest BCUT2D eigenvalue weighted by Gasteiger charge is -2.26. The summed E-state index contributed by atoms with van der Waals surface area (Å²) in [5.41, 5.74) is 0. The molecule has 0 atom stereocenters. The van der Waals surface area contributed by atoms with Gasteiger partial charge in [0.05, 0.1) is 0 Å². The molecule has 0 aliphatic heterocycles. The summed E-state index contributed by atoms with van der Waals surface area (Å²) >= 11 is 0. The Labute approximate surface area is 62.8 Å². The molecule has 0 fully saturated rings. The standard InChI is InChI=1S/C4H4F7N/c5-1-4(10,11)12(2(6)7)3(8)9/h2-3H,1H2. The van der Waals surface area contributed by atoms with Crippen molar-refractivity contribution >= 4 is 0 Å². The van der Waals surface area contributed by atoms with E-state index in [2.05, 4.69) is 0 Å². The molecular formula is C4H4F7N. The van der Waals surface area contributed by atoms with Crippen molar-refractivity contribution in [2.75, 3.05) is 6.67 Å². The topological polar surface area (TPSA) is 3.24 Å². The molecule has 12 heavy (non-hydrogen) atoms. The normalized spacial score (nSPS) is 13.5. The second kappa shape index (κ2) is 3.92. The number of halogens is 7. The van der Waals surface area contributed by atoms with E-state index in [1.807, 2.05) is 0 Å². The molecule has 8 heteroatoms. The maximum atomic E-state index is 11.9. The lowest BCUT2D eigenvalue weighted by atomic mass is 10.5. The second-order valence-electron chi connectivity index (χ2n) is 1.76. The van der Waals surface area contributed by atoms with Crippen LogP contribution in [0.2, 0.25) is 0 Å². The Morgan fingerprint density at radius 1 is 1.00 bits per heavy atom. The van der Waals surface area contributed by atoms with Gasteiger partial charge in [0.1, 0.15) is 0 Å². The zero-order valence-corrected chi connectivity index (χ0v) is 5.45. The van der Waals surface area contributed by atoms with E-state index in [9.17, 15) is 30.7 Å². The molecule has 0 aromatic rings. The molecular weight excluding hydrogens is 195 g/mol. The molecule has 0 bridgehead atoms. The van der Waals surface area contributed by atoms with Gasteiger partial charge in [-0.3, -0.25) is 0 Å². The van der Waals surface area contributed by atoms with Gasteiger partial charge in [0.25, 0.3) is 0 Å². The van der Waals surface area contributed by atoms with Crippen LogP contribution in [-0.4, -0.2) is 30.7 Å². The van der Waals surface area contributed by atoms with Gasteiger partial charge in [-0.25, -0.2) is 4.39 Å². The summed E-state index contributed by atoms with van der Waals surface area (Å²) in [6.07, 6.45) is 0. The van der Waals surface area contributed by atoms with Gasteiger partial charge in [-0.05, 0) is 0 Å². The fourth-order valence-corrected chi connectivity index (χ4v) is 0.440. The minimum absolute atomic E-state index is 1.80. The van der Waals surface area contributed by atoms with Crippen LogP contribution in [0.5, 0.6) is 0 Å². The third kappa shape index (κ3) is 2.50. The van der Waals surface area contributed by atoms with Gasteiger partial charge in [-0.2, -0.15) is 26.3 Å². The predicted molar refractivity (Wildman–Crippen MR) is 24.8 cm³/mol. The van der Waals surface area contributed by atoms with Gasteiger partial charge in [0, 0.05) is 0 Å². The van der Waals surface area contributed by atoms with Crippen LogP contribution in [0.15, 0.2) is 0 Å². The van der Waals surface area contributed by atoms with Crippen molar-refractivity contribution in [3.63, 3.8) is 0 Å². The van der Waals surface area contributed by atoms with Crippen LogP contribution in [0.4, 0.5) is 30.7 Å². The maximum Gasteiger partial charge on any atom is 0.341 e. The molecule has 0 heterocycles. The Balaban J connectivity index is 4.50. The molecule has 0 aromatic heterocycles. The summed E-state index contributed by atoms with van der Waals surface area (Å²) in [7, 11) is 0. The molecule has 0 saturated carbocycles. The fourth-order valence-electron chi connectivity index (χ4n) is 0.440. The van der Waals surface area contributed by atoms with Crippen molar-refractivity contribution in [3.8, 4) is 0 Å². The first kappa shape index (κ1) is 11.5. The first-order valence-electron chi connectivity index (χ1n) is 2.61. The van der Waals surface area contributed by atoms with Crippen molar-refractivity contribution in [1.29, 1.82) is 0 Å². The van der Waals surface area contributed by atoms with Crippen LogP contribution in [0.3, 0.4) is 0 Å². The summed E-state index contributed by atoms with van der Waals surface area (Å²) in [5, 5.41) is 0. The number of hydrogen-bond acceptors (Lipinski definition) is 1. The van der Waals surface area contributed by atoms with Crippen LogP contribution in [0.1, 0.15) is 0 Å². The van der Waals surface area contributed by atoms with E-state index in [1.54, 1.807) is 0 Å². The van der Waals surface area contributed by atoms with Gasteiger partial charge in [0.15, 0.2) is 6.67 Å². The van der Waals surface area contributed by atoms with Crippen LogP contribution >= 0.6 is 0 Å². The van der Waals surface area contributed by atoms with E-state index in [0.717, 1.165) is 0 Å². The highest BCUT2D eigenvalue weighted by molar-refractivity contribution is 4.66. The SMILES string of the molecule is FCC(F)(F)N(C(F)F)C(F)F. The minimum atomic E-state index is -4.83. The summed E-state index contributed by atoms with van der Waals surface area (Å²) < 4.78 is 80.8. The third-order valence-corrected chi connectivity index (χ3v) is 0.959. The number of nitrogens with zero attached hydrogens (tertiary/aromatic N) is 1. The van der Waals surface area contributed by atoms with E-state index >= 15 is 0 Å². The van der Waals surface area contributed by atoms with Gasteiger partial charge in [0.2, 0.25) is 0 Å². The summed E-state index contributed by atoms with van der Waals surface area (Å²) in [5.74, 6) is 0. The first-order valence-corrected chi connectivity index (χ1v) is 2.61. The highest BCUT2D eigenvalue weighted by Crippen LogP contribution is 2.27. The minimum Gasteiger partial charge on any atom is -0.243 e. The molecule has 0 radical (unpaired) electrons. The molecule has 0 spiro atoms. The Hall–Kier alpha value is -0.530. The zero-order chi connectivity index (χ0) is 9.94. The molecule has 1 nitrogen and oxygen atoms in total. The van der Waals surface area contributed by atoms with Gasteiger partial charge >= 0.3 is 19.1 Å². The lowest BCUT2D eigenvalue weighted by molar-refractivity contribution is -0.286. The first-order chi connectivity index (χ1) is 5.33. The fraction of sp³-hybridized carbons (Fsp3) is 1.00. The van der Waals surface area contributed by atoms with Crippen LogP contribution in [0, 0.1) is 0 Å². The smallest absolute Gasteiger partial charge is 0.243 e. The summed E-state index contributed by atoms with van der Waals surface area (Å²) in [6.45, 7) is -10.8. The Morgan fingerprint density at radius 3 is 1.42 bits per heavy atom. The monoisotopic (exact) mass is 199 g/mol. The molecule has 0 unspecified atom stereocenters. The van der Waals surface area contributed by atoms with Crippen LogP contribution in [-0.2, 0) is 0 Å². The summed E-state index contributed by atoms with van der Waals surface area (Å²) in [6, 6.07) is -4.83. The molecule has 0 rings (SSSR count). The Bertz CT molecular complexity index is 127. The molecule has 74 valence electrons. The number of hydrogen-bond donors (Lipinski definition) is 0. The van der Waals surface area contributed by atoms with Gasteiger partial charge in [-0.1, -0.05) is 0 Å². The quantitative estimate of drug-likeness (QED) is 0.496.